The highest BCUT2D eigenvalue weighted by molar-refractivity contribution is 6.02. The van der Waals surface area contributed by atoms with Crippen LogP contribution in [0.5, 0.6) is 0 Å². The maximum Gasteiger partial charge on any atom is 0.181 e. The number of hydrogen-bond donors (Lipinski definition) is 0. The Kier molecular flexibility index (Phi) is 3.18. The van der Waals surface area contributed by atoms with Gasteiger partial charge in [-0.15, -0.1) is 0 Å². The minimum absolute atomic E-state index is 0.00907. The normalized spacial score (nSPS) is 25.0. The second-order valence-electron chi connectivity index (χ2n) is 4.86. The van der Waals surface area contributed by atoms with E-state index in [0.717, 1.165) is 12.1 Å². The SMILES string of the molecule is CCN1C(C(=O)c2ccccc2)C1c1ccccc1. The highest BCUT2D eigenvalue weighted by Gasteiger charge is 2.51. The van der Waals surface area contributed by atoms with E-state index in [4.69, 9.17) is 0 Å². The van der Waals surface area contributed by atoms with Gasteiger partial charge >= 0.3 is 0 Å². The van der Waals surface area contributed by atoms with Crippen molar-refractivity contribution in [1.82, 2.24) is 4.90 Å². The molecule has 0 spiro atoms. The summed E-state index contributed by atoms with van der Waals surface area (Å²) in [5.41, 5.74) is 2.04. The third kappa shape index (κ3) is 2.20. The number of Topliss-reactive ketones (excluding diaryl/α,β-unsaturated/α-hetero) is 1. The molecule has 96 valence electrons. The van der Waals surface area contributed by atoms with Gasteiger partial charge in [0.25, 0.3) is 0 Å². The standard InChI is InChI=1S/C17H17NO/c1-2-18-15(13-9-5-3-6-10-13)16(18)17(19)14-11-7-4-8-12-14/h3-12,15-16H,2H2,1H3. The van der Waals surface area contributed by atoms with E-state index in [-0.39, 0.29) is 17.9 Å². The predicted octanol–water partition coefficient (Wildman–Crippen LogP) is 3.31. The molecular formula is C17H17NO. The zero-order valence-electron chi connectivity index (χ0n) is 11.0. The van der Waals surface area contributed by atoms with Gasteiger partial charge in [-0.2, -0.15) is 0 Å². The second-order valence-corrected chi connectivity index (χ2v) is 4.86. The molecule has 0 bridgehead atoms. The first-order valence-electron chi connectivity index (χ1n) is 6.73. The summed E-state index contributed by atoms with van der Waals surface area (Å²) < 4.78 is 0. The monoisotopic (exact) mass is 251 g/mol. The predicted molar refractivity (Wildman–Crippen MR) is 76.1 cm³/mol. The summed E-state index contributed by atoms with van der Waals surface area (Å²) >= 11 is 0. The van der Waals surface area contributed by atoms with Crippen LogP contribution in [0.4, 0.5) is 0 Å². The molecule has 3 unspecified atom stereocenters. The molecule has 1 aliphatic heterocycles. The molecule has 0 amide bonds. The first kappa shape index (κ1) is 12.1. The third-order valence-electron chi connectivity index (χ3n) is 3.76. The Balaban J connectivity index is 1.84. The molecule has 2 heteroatoms. The molecular weight excluding hydrogens is 234 g/mol. The minimum atomic E-state index is 0.00907. The Bertz CT molecular complexity index is 564. The van der Waals surface area contributed by atoms with Gasteiger partial charge in [0.15, 0.2) is 5.78 Å². The number of carbonyl (C=O) groups is 1. The Morgan fingerprint density at radius 3 is 2.16 bits per heavy atom. The Morgan fingerprint density at radius 2 is 1.58 bits per heavy atom. The van der Waals surface area contributed by atoms with Gasteiger partial charge in [0.1, 0.15) is 0 Å². The fourth-order valence-electron chi connectivity index (χ4n) is 2.76. The average molecular weight is 251 g/mol. The number of ketones is 1. The summed E-state index contributed by atoms with van der Waals surface area (Å²) in [7, 11) is 0. The molecule has 19 heavy (non-hydrogen) atoms. The second kappa shape index (κ2) is 4.98. The number of carbonyl (C=O) groups excluding carboxylic acids is 1. The molecule has 2 nitrogen and oxygen atoms in total. The van der Waals surface area contributed by atoms with Crippen LogP contribution in [0, 0.1) is 0 Å². The van der Waals surface area contributed by atoms with Crippen LogP contribution in [0.2, 0.25) is 0 Å². The van der Waals surface area contributed by atoms with Crippen molar-refractivity contribution in [3.63, 3.8) is 0 Å². The van der Waals surface area contributed by atoms with Crippen LogP contribution >= 0.6 is 0 Å². The molecule has 0 saturated carbocycles. The fourth-order valence-corrected chi connectivity index (χ4v) is 2.76. The van der Waals surface area contributed by atoms with Gasteiger partial charge in [0.2, 0.25) is 0 Å². The highest BCUT2D eigenvalue weighted by Crippen LogP contribution is 2.44. The number of benzene rings is 2. The Hall–Kier alpha value is -1.93. The summed E-state index contributed by atoms with van der Waals surface area (Å²) in [6.07, 6.45) is 0. The van der Waals surface area contributed by atoms with Crippen LogP contribution in [-0.2, 0) is 0 Å². The zero-order valence-corrected chi connectivity index (χ0v) is 11.0. The molecule has 2 aromatic carbocycles. The van der Waals surface area contributed by atoms with Crippen molar-refractivity contribution in [2.24, 2.45) is 0 Å². The van der Waals surface area contributed by atoms with E-state index >= 15 is 0 Å². The lowest BCUT2D eigenvalue weighted by Gasteiger charge is -1.98. The largest absolute Gasteiger partial charge is 0.292 e. The average Bonchev–Trinajstić information content (AvgIpc) is 3.22. The summed E-state index contributed by atoms with van der Waals surface area (Å²) in [4.78, 5) is 14.8. The molecule has 1 aliphatic rings. The van der Waals surface area contributed by atoms with Gasteiger partial charge in [-0.25, -0.2) is 0 Å². The molecule has 1 heterocycles. The van der Waals surface area contributed by atoms with Crippen molar-refractivity contribution in [3.8, 4) is 0 Å². The number of rotatable bonds is 4. The molecule has 0 N–H and O–H groups in total. The summed E-state index contributed by atoms with van der Waals surface area (Å²) in [5, 5.41) is 0. The van der Waals surface area contributed by atoms with Crippen LogP contribution < -0.4 is 0 Å². The smallest absolute Gasteiger partial charge is 0.181 e. The molecule has 1 saturated heterocycles. The van der Waals surface area contributed by atoms with E-state index in [0.29, 0.717) is 0 Å². The molecule has 0 radical (unpaired) electrons. The summed E-state index contributed by atoms with van der Waals surface area (Å²) in [6, 6.07) is 20.1. The zero-order chi connectivity index (χ0) is 13.2. The molecule has 0 aromatic heterocycles. The van der Waals surface area contributed by atoms with E-state index in [9.17, 15) is 4.79 Å². The van der Waals surface area contributed by atoms with Crippen molar-refractivity contribution in [2.45, 2.75) is 19.0 Å². The van der Waals surface area contributed by atoms with Crippen LogP contribution in [0.15, 0.2) is 60.7 Å². The van der Waals surface area contributed by atoms with Gasteiger partial charge in [0, 0.05) is 5.56 Å². The lowest BCUT2D eigenvalue weighted by molar-refractivity contribution is 0.0974. The van der Waals surface area contributed by atoms with Gasteiger partial charge in [-0.3, -0.25) is 9.69 Å². The summed E-state index contributed by atoms with van der Waals surface area (Å²) in [6.45, 7) is 3.01. The first-order valence-corrected chi connectivity index (χ1v) is 6.73. The minimum Gasteiger partial charge on any atom is -0.292 e. The van der Waals surface area contributed by atoms with Gasteiger partial charge < -0.3 is 0 Å². The quantitative estimate of drug-likeness (QED) is 0.613. The van der Waals surface area contributed by atoms with Crippen LogP contribution in [-0.4, -0.2) is 23.3 Å². The van der Waals surface area contributed by atoms with Gasteiger partial charge in [0.05, 0.1) is 12.1 Å². The third-order valence-corrected chi connectivity index (χ3v) is 3.76. The number of likely N-dealkylation sites (N-methyl/N-ethyl adjacent to an activating group) is 1. The summed E-state index contributed by atoms with van der Waals surface area (Å²) in [5.74, 6) is 0.233. The molecule has 1 fully saturated rings. The van der Waals surface area contributed by atoms with Crippen LogP contribution in [0.3, 0.4) is 0 Å². The molecule has 2 aromatic rings. The fraction of sp³-hybridized carbons (Fsp3) is 0.235. The van der Waals surface area contributed by atoms with Crippen molar-refractivity contribution in [1.29, 1.82) is 0 Å². The highest BCUT2D eigenvalue weighted by atomic mass is 16.1. The van der Waals surface area contributed by atoms with E-state index < -0.39 is 0 Å². The molecule has 0 aliphatic carbocycles. The van der Waals surface area contributed by atoms with Crippen molar-refractivity contribution in [3.05, 3.63) is 71.8 Å². The van der Waals surface area contributed by atoms with E-state index in [1.54, 1.807) is 0 Å². The van der Waals surface area contributed by atoms with Crippen molar-refractivity contribution < 1.29 is 4.79 Å². The van der Waals surface area contributed by atoms with Crippen LogP contribution in [0.1, 0.15) is 28.9 Å². The van der Waals surface area contributed by atoms with Crippen molar-refractivity contribution in [2.75, 3.05) is 6.54 Å². The number of nitrogens with zero attached hydrogens (tertiary/aromatic N) is 1. The van der Waals surface area contributed by atoms with E-state index in [1.165, 1.54) is 5.56 Å². The Labute approximate surface area is 113 Å². The molecule has 3 rings (SSSR count). The van der Waals surface area contributed by atoms with Crippen molar-refractivity contribution >= 4 is 5.78 Å². The lowest BCUT2D eigenvalue weighted by Crippen LogP contribution is -2.12. The Morgan fingerprint density at radius 1 is 1.00 bits per heavy atom. The van der Waals surface area contributed by atoms with Gasteiger partial charge in [-0.05, 0) is 12.1 Å². The van der Waals surface area contributed by atoms with Gasteiger partial charge in [-0.1, -0.05) is 67.6 Å². The maximum atomic E-state index is 12.5. The first-order chi connectivity index (χ1) is 9.33. The topological polar surface area (TPSA) is 20.1 Å². The molecule has 3 atom stereocenters. The van der Waals surface area contributed by atoms with E-state index in [1.807, 2.05) is 48.5 Å². The number of hydrogen-bond acceptors (Lipinski definition) is 2. The van der Waals surface area contributed by atoms with Crippen LogP contribution in [0.25, 0.3) is 0 Å². The maximum absolute atomic E-state index is 12.5. The van der Waals surface area contributed by atoms with E-state index in [2.05, 4.69) is 24.0 Å². The lowest BCUT2D eigenvalue weighted by atomic mass is 10.0.